The van der Waals surface area contributed by atoms with Crippen LogP contribution in [0.2, 0.25) is 0 Å². The van der Waals surface area contributed by atoms with Crippen molar-refractivity contribution in [2.75, 3.05) is 11.9 Å². The molecule has 0 radical (unpaired) electrons. The highest BCUT2D eigenvalue weighted by Crippen LogP contribution is 2.29. The van der Waals surface area contributed by atoms with Crippen molar-refractivity contribution in [1.29, 1.82) is 0 Å². The second kappa shape index (κ2) is 9.24. The van der Waals surface area contributed by atoms with Crippen LogP contribution in [0.15, 0.2) is 77.3 Å². The first-order valence-electron chi connectivity index (χ1n) is 8.68. The first-order chi connectivity index (χ1) is 13.2. The molecule has 3 rings (SSSR count). The van der Waals surface area contributed by atoms with E-state index in [4.69, 9.17) is 9.47 Å². The first kappa shape index (κ1) is 19.0. The fourth-order valence-electron chi connectivity index (χ4n) is 2.49. The molecule has 3 aromatic carbocycles. The van der Waals surface area contributed by atoms with Gasteiger partial charge in [-0.15, -0.1) is 0 Å². The molecule has 138 valence electrons. The number of hydrogen-bond donors (Lipinski definition) is 1. The highest BCUT2D eigenvalue weighted by molar-refractivity contribution is 9.10. The van der Waals surface area contributed by atoms with E-state index in [0.29, 0.717) is 22.9 Å². The van der Waals surface area contributed by atoms with E-state index in [2.05, 4.69) is 28.2 Å². The van der Waals surface area contributed by atoms with Crippen molar-refractivity contribution in [2.24, 2.45) is 0 Å². The number of para-hydroxylation sites is 3. The molecular formula is C22H20BrNO3. The number of rotatable bonds is 7. The lowest BCUT2D eigenvalue weighted by Gasteiger charge is -2.13. The number of aryl methyl sites for hydroxylation is 1. The number of carbonyl (C=O) groups excluding carboxylic acids is 1. The van der Waals surface area contributed by atoms with Crippen molar-refractivity contribution < 1.29 is 14.3 Å². The van der Waals surface area contributed by atoms with E-state index in [1.807, 2.05) is 66.7 Å². The Hall–Kier alpha value is -2.79. The summed E-state index contributed by atoms with van der Waals surface area (Å²) in [7, 11) is 0. The quantitative estimate of drug-likeness (QED) is 0.518. The van der Waals surface area contributed by atoms with E-state index >= 15 is 0 Å². The number of amides is 1. The lowest BCUT2D eigenvalue weighted by atomic mass is 10.2. The molecule has 27 heavy (non-hydrogen) atoms. The summed E-state index contributed by atoms with van der Waals surface area (Å²) in [4.78, 5) is 12.3. The van der Waals surface area contributed by atoms with Gasteiger partial charge in [0.05, 0.1) is 10.2 Å². The number of carbonyl (C=O) groups is 1. The van der Waals surface area contributed by atoms with Gasteiger partial charge in [0.25, 0.3) is 5.91 Å². The molecule has 0 unspecified atom stereocenters. The molecule has 0 heterocycles. The molecule has 0 aliphatic carbocycles. The minimum atomic E-state index is -0.259. The molecule has 3 aromatic rings. The van der Waals surface area contributed by atoms with E-state index in [1.54, 1.807) is 6.07 Å². The third-order valence-corrected chi connectivity index (χ3v) is 4.52. The Bertz CT molecular complexity index is 912. The summed E-state index contributed by atoms with van der Waals surface area (Å²) in [6.45, 7) is 1.99. The van der Waals surface area contributed by atoms with Crippen LogP contribution in [0.1, 0.15) is 12.5 Å². The minimum Gasteiger partial charge on any atom is -0.483 e. The molecule has 0 bridgehead atoms. The van der Waals surface area contributed by atoms with Gasteiger partial charge in [0.15, 0.2) is 12.4 Å². The lowest BCUT2D eigenvalue weighted by molar-refractivity contribution is -0.118. The zero-order valence-corrected chi connectivity index (χ0v) is 16.5. The van der Waals surface area contributed by atoms with Crippen molar-refractivity contribution in [2.45, 2.75) is 13.3 Å². The molecule has 0 aliphatic heterocycles. The van der Waals surface area contributed by atoms with Crippen molar-refractivity contribution in [1.82, 2.24) is 0 Å². The van der Waals surface area contributed by atoms with Gasteiger partial charge in [-0.1, -0.05) is 43.3 Å². The molecule has 0 aromatic heterocycles. The molecule has 0 atom stereocenters. The maximum absolute atomic E-state index is 12.3. The molecule has 0 saturated carbocycles. The third kappa shape index (κ3) is 5.34. The van der Waals surface area contributed by atoms with Gasteiger partial charge in [-0.2, -0.15) is 0 Å². The first-order valence-corrected chi connectivity index (χ1v) is 9.48. The van der Waals surface area contributed by atoms with E-state index in [0.717, 1.165) is 10.9 Å². The topological polar surface area (TPSA) is 47.6 Å². The highest BCUT2D eigenvalue weighted by atomic mass is 79.9. The number of ether oxygens (including phenoxy) is 2. The van der Waals surface area contributed by atoms with Crippen LogP contribution in [0.25, 0.3) is 0 Å². The standard InChI is InChI=1S/C22H20BrNO3/c1-2-16-12-13-20(18(23)14-16)26-15-22(25)24-19-10-6-7-11-21(19)27-17-8-4-3-5-9-17/h3-14H,2,15H2,1H3,(H,24,25). The summed E-state index contributed by atoms with van der Waals surface area (Å²) < 4.78 is 12.3. The van der Waals surface area contributed by atoms with Crippen LogP contribution in [-0.2, 0) is 11.2 Å². The van der Waals surface area contributed by atoms with E-state index in [1.165, 1.54) is 5.56 Å². The summed E-state index contributed by atoms with van der Waals surface area (Å²) in [6, 6.07) is 22.6. The predicted octanol–water partition coefficient (Wildman–Crippen LogP) is 5.82. The lowest BCUT2D eigenvalue weighted by Crippen LogP contribution is -2.20. The van der Waals surface area contributed by atoms with Crippen LogP contribution in [0.3, 0.4) is 0 Å². The molecule has 1 N–H and O–H groups in total. The van der Waals surface area contributed by atoms with Gasteiger partial charge < -0.3 is 14.8 Å². The second-order valence-electron chi connectivity index (χ2n) is 5.87. The Labute approximate surface area is 167 Å². The maximum Gasteiger partial charge on any atom is 0.262 e. The average molecular weight is 426 g/mol. The van der Waals surface area contributed by atoms with Gasteiger partial charge in [-0.05, 0) is 64.3 Å². The Kier molecular flexibility index (Phi) is 6.49. The molecule has 1 amide bonds. The molecular weight excluding hydrogens is 406 g/mol. The third-order valence-electron chi connectivity index (χ3n) is 3.90. The van der Waals surface area contributed by atoms with Gasteiger partial charge in [0.2, 0.25) is 0 Å². The highest BCUT2D eigenvalue weighted by Gasteiger charge is 2.10. The fraction of sp³-hybridized carbons (Fsp3) is 0.136. The monoisotopic (exact) mass is 425 g/mol. The summed E-state index contributed by atoms with van der Waals surface area (Å²) >= 11 is 3.48. The largest absolute Gasteiger partial charge is 0.483 e. The molecule has 5 heteroatoms. The van der Waals surface area contributed by atoms with Gasteiger partial charge in [-0.25, -0.2) is 0 Å². The van der Waals surface area contributed by atoms with Crippen molar-refractivity contribution >= 4 is 27.5 Å². The zero-order chi connectivity index (χ0) is 19.1. The smallest absolute Gasteiger partial charge is 0.262 e. The number of anilines is 1. The van der Waals surface area contributed by atoms with Gasteiger partial charge in [0.1, 0.15) is 11.5 Å². The summed E-state index contributed by atoms with van der Waals surface area (Å²) in [5.41, 5.74) is 1.79. The van der Waals surface area contributed by atoms with Crippen LogP contribution < -0.4 is 14.8 Å². The molecule has 0 saturated heterocycles. The van der Waals surface area contributed by atoms with E-state index < -0.39 is 0 Å². The van der Waals surface area contributed by atoms with Crippen LogP contribution >= 0.6 is 15.9 Å². The minimum absolute atomic E-state index is 0.0935. The number of nitrogens with one attached hydrogen (secondary N) is 1. The van der Waals surface area contributed by atoms with Crippen molar-refractivity contribution in [3.05, 3.63) is 82.8 Å². The number of halogens is 1. The fourth-order valence-corrected chi connectivity index (χ4v) is 3.03. The second-order valence-corrected chi connectivity index (χ2v) is 6.72. The maximum atomic E-state index is 12.3. The van der Waals surface area contributed by atoms with Gasteiger partial charge >= 0.3 is 0 Å². The van der Waals surface area contributed by atoms with E-state index in [-0.39, 0.29) is 12.5 Å². The van der Waals surface area contributed by atoms with Crippen LogP contribution in [0.4, 0.5) is 5.69 Å². The zero-order valence-electron chi connectivity index (χ0n) is 14.9. The molecule has 4 nitrogen and oxygen atoms in total. The molecule has 0 fully saturated rings. The van der Waals surface area contributed by atoms with Crippen molar-refractivity contribution in [3.63, 3.8) is 0 Å². The molecule has 0 aliphatic rings. The Morgan fingerprint density at radius 3 is 2.44 bits per heavy atom. The predicted molar refractivity (Wildman–Crippen MR) is 111 cm³/mol. The Balaban J connectivity index is 1.63. The van der Waals surface area contributed by atoms with Crippen LogP contribution in [-0.4, -0.2) is 12.5 Å². The normalized spacial score (nSPS) is 10.3. The van der Waals surface area contributed by atoms with Crippen LogP contribution in [0, 0.1) is 0 Å². The summed E-state index contributed by atoms with van der Waals surface area (Å²) in [5, 5.41) is 2.84. The van der Waals surface area contributed by atoms with Gasteiger partial charge in [-0.3, -0.25) is 4.79 Å². The van der Waals surface area contributed by atoms with E-state index in [9.17, 15) is 4.79 Å². The average Bonchev–Trinajstić information content (AvgIpc) is 2.69. The summed E-state index contributed by atoms with van der Waals surface area (Å²) in [5.74, 6) is 1.66. The summed E-state index contributed by atoms with van der Waals surface area (Å²) in [6.07, 6.45) is 0.942. The number of benzene rings is 3. The Morgan fingerprint density at radius 1 is 0.963 bits per heavy atom. The van der Waals surface area contributed by atoms with Gasteiger partial charge in [0, 0.05) is 0 Å². The van der Waals surface area contributed by atoms with Crippen molar-refractivity contribution in [3.8, 4) is 17.2 Å². The number of hydrogen-bond acceptors (Lipinski definition) is 3. The Morgan fingerprint density at radius 2 is 1.70 bits per heavy atom. The van der Waals surface area contributed by atoms with Crippen LogP contribution in [0.5, 0.6) is 17.2 Å². The SMILES string of the molecule is CCc1ccc(OCC(=O)Nc2ccccc2Oc2ccccc2)c(Br)c1. The molecule has 0 spiro atoms.